The molecule has 124 valence electrons. The Hall–Kier alpha value is -1.70. The van der Waals surface area contributed by atoms with Crippen molar-refractivity contribution in [2.24, 2.45) is 0 Å². The molecule has 3 rings (SSSR count). The summed E-state index contributed by atoms with van der Waals surface area (Å²) in [5.74, 6) is 0.156. The molecule has 1 atom stereocenters. The van der Waals surface area contributed by atoms with Crippen molar-refractivity contribution < 1.29 is 17.2 Å². The average molecular weight is 338 g/mol. The van der Waals surface area contributed by atoms with Gasteiger partial charge in [-0.15, -0.1) is 0 Å². The predicted octanol–water partition coefficient (Wildman–Crippen LogP) is 2.53. The van der Waals surface area contributed by atoms with Gasteiger partial charge in [0.25, 0.3) is 0 Å². The third-order valence-corrected chi connectivity index (χ3v) is 5.45. The van der Waals surface area contributed by atoms with Crippen molar-refractivity contribution in [3.8, 4) is 0 Å². The van der Waals surface area contributed by atoms with E-state index >= 15 is 0 Å². The molecule has 0 amide bonds. The quantitative estimate of drug-likeness (QED) is 0.879. The van der Waals surface area contributed by atoms with Crippen LogP contribution in [0.4, 0.5) is 4.39 Å². The summed E-state index contributed by atoms with van der Waals surface area (Å²) in [6.45, 7) is 2.01. The third kappa shape index (κ3) is 3.80. The first-order valence-electron chi connectivity index (χ1n) is 7.59. The fourth-order valence-electron chi connectivity index (χ4n) is 2.85. The molecule has 2 aromatic rings. The van der Waals surface area contributed by atoms with E-state index in [0.29, 0.717) is 0 Å². The van der Waals surface area contributed by atoms with Gasteiger partial charge in [0.05, 0.1) is 17.2 Å². The van der Waals surface area contributed by atoms with E-state index in [-0.39, 0.29) is 17.5 Å². The van der Waals surface area contributed by atoms with Crippen LogP contribution in [0, 0.1) is 5.82 Å². The fourth-order valence-corrected chi connectivity index (χ4v) is 3.92. The average Bonchev–Trinajstić information content (AvgIpc) is 3.21. The lowest BCUT2D eigenvalue weighted by atomic mass is 10.2. The highest BCUT2D eigenvalue weighted by atomic mass is 32.2. The Morgan fingerprint density at radius 1 is 1.22 bits per heavy atom. The normalized spacial score (nSPS) is 17.4. The van der Waals surface area contributed by atoms with E-state index in [4.69, 9.17) is 4.42 Å². The maximum absolute atomic E-state index is 13.2. The van der Waals surface area contributed by atoms with Crippen LogP contribution in [0.5, 0.6) is 0 Å². The van der Waals surface area contributed by atoms with Gasteiger partial charge in [-0.25, -0.2) is 17.5 Å². The van der Waals surface area contributed by atoms with Gasteiger partial charge in [0, 0.05) is 6.54 Å². The molecule has 23 heavy (non-hydrogen) atoms. The molecule has 1 aromatic carbocycles. The Kier molecular flexibility index (Phi) is 4.79. The Morgan fingerprint density at radius 2 is 2.00 bits per heavy atom. The number of sulfonamides is 1. The molecular weight excluding hydrogens is 319 g/mol. The first-order chi connectivity index (χ1) is 11.1. The van der Waals surface area contributed by atoms with Crippen molar-refractivity contribution >= 4 is 10.0 Å². The second-order valence-corrected chi connectivity index (χ2v) is 7.35. The van der Waals surface area contributed by atoms with Gasteiger partial charge < -0.3 is 4.42 Å². The summed E-state index contributed by atoms with van der Waals surface area (Å²) in [6, 6.07) is 8.47. The topological polar surface area (TPSA) is 62.6 Å². The number of furan rings is 1. The second kappa shape index (κ2) is 6.82. The van der Waals surface area contributed by atoms with Crippen LogP contribution < -0.4 is 4.72 Å². The number of hydrogen-bond donors (Lipinski definition) is 1. The molecule has 1 fully saturated rings. The zero-order valence-corrected chi connectivity index (χ0v) is 13.4. The molecule has 0 bridgehead atoms. The molecule has 1 aliphatic rings. The third-order valence-electron chi connectivity index (χ3n) is 4.03. The molecule has 1 saturated heterocycles. The molecule has 1 aromatic heterocycles. The van der Waals surface area contributed by atoms with E-state index in [1.54, 1.807) is 12.3 Å². The SMILES string of the molecule is O=S(=O)(NC[C@@H](c1ccco1)N1CCCC1)c1cccc(F)c1. The van der Waals surface area contributed by atoms with Gasteiger partial charge in [-0.3, -0.25) is 4.90 Å². The first kappa shape index (κ1) is 16.2. The molecule has 1 N–H and O–H groups in total. The van der Waals surface area contributed by atoms with Gasteiger partial charge in [0.1, 0.15) is 11.6 Å². The smallest absolute Gasteiger partial charge is 0.240 e. The van der Waals surface area contributed by atoms with E-state index in [9.17, 15) is 12.8 Å². The fraction of sp³-hybridized carbons (Fsp3) is 0.375. The number of nitrogens with one attached hydrogen (secondary N) is 1. The van der Waals surface area contributed by atoms with Crippen molar-refractivity contribution in [2.75, 3.05) is 19.6 Å². The molecule has 2 heterocycles. The molecule has 7 heteroatoms. The molecule has 0 unspecified atom stereocenters. The van der Waals surface area contributed by atoms with Gasteiger partial charge >= 0.3 is 0 Å². The van der Waals surface area contributed by atoms with Gasteiger partial charge in [-0.05, 0) is 56.3 Å². The van der Waals surface area contributed by atoms with Gasteiger partial charge in [-0.2, -0.15) is 0 Å². The molecule has 1 aliphatic heterocycles. The predicted molar refractivity (Wildman–Crippen MR) is 83.8 cm³/mol. The lowest BCUT2D eigenvalue weighted by molar-refractivity contribution is 0.216. The van der Waals surface area contributed by atoms with Crippen molar-refractivity contribution in [1.29, 1.82) is 0 Å². The van der Waals surface area contributed by atoms with Gasteiger partial charge in [0.15, 0.2) is 0 Å². The van der Waals surface area contributed by atoms with E-state index in [1.807, 2.05) is 6.07 Å². The lowest BCUT2D eigenvalue weighted by Gasteiger charge is -2.25. The molecule has 0 saturated carbocycles. The highest BCUT2D eigenvalue weighted by Crippen LogP contribution is 2.25. The molecule has 0 spiro atoms. The summed E-state index contributed by atoms with van der Waals surface area (Å²) in [5, 5.41) is 0. The number of hydrogen-bond acceptors (Lipinski definition) is 4. The monoisotopic (exact) mass is 338 g/mol. The molecule has 5 nitrogen and oxygen atoms in total. The van der Waals surface area contributed by atoms with Crippen molar-refractivity contribution in [2.45, 2.75) is 23.8 Å². The Bertz CT molecular complexity index is 740. The van der Waals surface area contributed by atoms with Gasteiger partial charge in [0.2, 0.25) is 10.0 Å². The van der Waals surface area contributed by atoms with Crippen molar-refractivity contribution in [3.05, 3.63) is 54.2 Å². The summed E-state index contributed by atoms with van der Waals surface area (Å²) in [6.07, 6.45) is 3.77. The van der Waals surface area contributed by atoms with Crippen LogP contribution >= 0.6 is 0 Å². The first-order valence-corrected chi connectivity index (χ1v) is 9.07. The van der Waals surface area contributed by atoms with E-state index in [1.165, 1.54) is 18.2 Å². The summed E-state index contributed by atoms with van der Waals surface area (Å²) in [4.78, 5) is 2.13. The summed E-state index contributed by atoms with van der Waals surface area (Å²) < 4.78 is 46.0. The maximum Gasteiger partial charge on any atom is 0.240 e. The number of rotatable bonds is 6. The largest absolute Gasteiger partial charge is 0.468 e. The van der Waals surface area contributed by atoms with E-state index < -0.39 is 15.8 Å². The standard InChI is InChI=1S/C16H19FN2O3S/c17-13-5-3-6-14(11-13)23(20,21)18-12-15(16-7-4-10-22-16)19-8-1-2-9-19/h3-7,10-11,15,18H,1-2,8-9,12H2/t15-/m0/s1. The van der Waals surface area contributed by atoms with Crippen LogP contribution in [0.1, 0.15) is 24.6 Å². The van der Waals surface area contributed by atoms with Crippen LogP contribution in [0.2, 0.25) is 0 Å². The minimum Gasteiger partial charge on any atom is -0.468 e. The molecule has 0 radical (unpaired) electrons. The highest BCUT2D eigenvalue weighted by Gasteiger charge is 2.27. The second-order valence-electron chi connectivity index (χ2n) is 5.58. The molecule has 0 aliphatic carbocycles. The number of likely N-dealkylation sites (tertiary alicyclic amines) is 1. The zero-order valence-electron chi connectivity index (χ0n) is 12.6. The van der Waals surface area contributed by atoms with Gasteiger partial charge in [-0.1, -0.05) is 6.07 Å². The summed E-state index contributed by atoms with van der Waals surface area (Å²) in [7, 11) is -3.76. The Morgan fingerprint density at radius 3 is 2.65 bits per heavy atom. The highest BCUT2D eigenvalue weighted by molar-refractivity contribution is 7.89. The zero-order chi connectivity index (χ0) is 16.3. The number of nitrogens with zero attached hydrogens (tertiary/aromatic N) is 1. The van der Waals surface area contributed by atoms with Crippen molar-refractivity contribution in [1.82, 2.24) is 9.62 Å². The lowest BCUT2D eigenvalue weighted by Crippen LogP contribution is -2.36. The van der Waals surface area contributed by atoms with Crippen LogP contribution in [-0.2, 0) is 10.0 Å². The van der Waals surface area contributed by atoms with E-state index in [0.717, 1.165) is 37.8 Å². The number of halogens is 1. The summed E-state index contributed by atoms with van der Waals surface area (Å²) in [5.41, 5.74) is 0. The minimum absolute atomic E-state index is 0.0721. The van der Waals surface area contributed by atoms with Crippen molar-refractivity contribution in [3.63, 3.8) is 0 Å². The molecular formula is C16H19FN2O3S. The van der Waals surface area contributed by atoms with Crippen LogP contribution in [-0.4, -0.2) is 33.0 Å². The minimum atomic E-state index is -3.76. The maximum atomic E-state index is 13.2. The van der Waals surface area contributed by atoms with Crippen LogP contribution in [0.15, 0.2) is 52.0 Å². The van der Waals surface area contributed by atoms with Crippen LogP contribution in [0.3, 0.4) is 0 Å². The summed E-state index contributed by atoms with van der Waals surface area (Å²) >= 11 is 0. The van der Waals surface area contributed by atoms with Crippen LogP contribution in [0.25, 0.3) is 0 Å². The Labute approximate surface area is 135 Å². The van der Waals surface area contributed by atoms with E-state index in [2.05, 4.69) is 9.62 Å². The number of benzene rings is 1. The Balaban J connectivity index is 1.76.